The van der Waals surface area contributed by atoms with Gasteiger partial charge in [-0.2, -0.15) is 13.2 Å². The van der Waals surface area contributed by atoms with Gasteiger partial charge >= 0.3 is 12.1 Å². The van der Waals surface area contributed by atoms with Crippen molar-refractivity contribution in [1.29, 1.82) is 0 Å². The van der Waals surface area contributed by atoms with Crippen molar-refractivity contribution in [2.45, 2.75) is 49.9 Å². The fourth-order valence-corrected chi connectivity index (χ4v) is 3.73. The lowest BCUT2D eigenvalue weighted by Crippen LogP contribution is -2.43. The molecule has 6 heteroatoms. The van der Waals surface area contributed by atoms with Gasteiger partial charge in [-0.3, -0.25) is 4.79 Å². The Morgan fingerprint density at radius 3 is 2.33 bits per heavy atom. The van der Waals surface area contributed by atoms with Gasteiger partial charge in [0.15, 0.2) is 0 Å². The van der Waals surface area contributed by atoms with Crippen LogP contribution in [0.5, 0.6) is 0 Å². The van der Waals surface area contributed by atoms with E-state index in [4.69, 9.17) is 0 Å². The van der Waals surface area contributed by atoms with Crippen molar-refractivity contribution < 1.29 is 23.1 Å². The monoisotopic (exact) mass is 377 g/mol. The quantitative estimate of drug-likeness (QED) is 0.772. The van der Waals surface area contributed by atoms with Gasteiger partial charge in [-0.05, 0) is 54.9 Å². The van der Waals surface area contributed by atoms with E-state index < -0.39 is 23.8 Å². The van der Waals surface area contributed by atoms with Crippen molar-refractivity contribution in [2.24, 2.45) is 0 Å². The Morgan fingerprint density at radius 1 is 1.07 bits per heavy atom. The lowest BCUT2D eigenvalue weighted by molar-refractivity contribution is -0.140. The molecule has 3 nitrogen and oxygen atoms in total. The van der Waals surface area contributed by atoms with E-state index in [0.29, 0.717) is 6.42 Å². The van der Waals surface area contributed by atoms with Crippen LogP contribution >= 0.6 is 0 Å². The zero-order valence-corrected chi connectivity index (χ0v) is 14.7. The number of hydrogen-bond acceptors (Lipinski definition) is 2. The molecular weight excluding hydrogens is 355 g/mol. The van der Waals surface area contributed by atoms with Crippen LogP contribution in [0, 0.1) is 0 Å². The first-order valence-corrected chi connectivity index (χ1v) is 9.03. The fourth-order valence-electron chi connectivity index (χ4n) is 3.73. The average Bonchev–Trinajstić information content (AvgIpc) is 3.10. The van der Waals surface area contributed by atoms with Gasteiger partial charge in [0, 0.05) is 6.04 Å². The maximum atomic E-state index is 12.7. The van der Waals surface area contributed by atoms with Gasteiger partial charge in [0.2, 0.25) is 0 Å². The largest absolute Gasteiger partial charge is 0.480 e. The van der Waals surface area contributed by atoms with Crippen LogP contribution < -0.4 is 5.32 Å². The predicted molar refractivity (Wildman–Crippen MR) is 96.5 cm³/mol. The summed E-state index contributed by atoms with van der Waals surface area (Å²) in [7, 11) is 0. The Kier molecular flexibility index (Phi) is 5.85. The number of rotatable bonds is 6. The number of benzene rings is 2. The maximum absolute atomic E-state index is 12.7. The van der Waals surface area contributed by atoms with E-state index in [1.54, 1.807) is 0 Å². The van der Waals surface area contributed by atoms with Gasteiger partial charge in [-0.1, -0.05) is 42.5 Å². The molecule has 2 unspecified atom stereocenters. The molecule has 144 valence electrons. The van der Waals surface area contributed by atoms with E-state index in [1.165, 1.54) is 12.1 Å². The van der Waals surface area contributed by atoms with Crippen LogP contribution in [-0.2, 0) is 17.4 Å². The molecule has 3 rings (SSSR count). The topological polar surface area (TPSA) is 49.3 Å². The molecule has 0 aliphatic heterocycles. The molecule has 1 fully saturated rings. The summed E-state index contributed by atoms with van der Waals surface area (Å²) in [4.78, 5) is 11.6. The Morgan fingerprint density at radius 2 is 1.74 bits per heavy atom. The van der Waals surface area contributed by atoms with Gasteiger partial charge in [-0.15, -0.1) is 0 Å². The molecule has 0 saturated heterocycles. The fraction of sp³-hybridized carbons (Fsp3) is 0.381. The molecule has 27 heavy (non-hydrogen) atoms. The average molecular weight is 377 g/mol. The lowest BCUT2D eigenvalue weighted by Gasteiger charge is -2.20. The normalized spacial score (nSPS) is 21.1. The second-order valence-corrected chi connectivity index (χ2v) is 7.07. The van der Waals surface area contributed by atoms with Crippen LogP contribution in [0.3, 0.4) is 0 Å². The zero-order chi connectivity index (χ0) is 19.4. The molecule has 1 aliphatic rings. The number of hydrogen-bond donors (Lipinski definition) is 2. The molecule has 2 N–H and O–H groups in total. The van der Waals surface area contributed by atoms with Crippen LogP contribution in [0.25, 0.3) is 0 Å². The van der Waals surface area contributed by atoms with E-state index in [0.717, 1.165) is 42.5 Å². The summed E-state index contributed by atoms with van der Waals surface area (Å²) >= 11 is 0. The minimum Gasteiger partial charge on any atom is -0.480 e. The molecule has 0 aromatic heterocycles. The first kappa shape index (κ1) is 19.4. The standard InChI is InChI=1S/C21H22F3NO2/c22-21(23,24)17-9-6-15(7-10-17)16-8-11-18(13-16)25-19(20(26)27)12-14-4-2-1-3-5-14/h1-7,9-10,16,18-19,25H,8,11-13H2,(H,26,27)/t16?,18?,19-/m0/s1. The van der Waals surface area contributed by atoms with Crippen molar-refractivity contribution in [1.82, 2.24) is 5.32 Å². The van der Waals surface area contributed by atoms with E-state index in [1.807, 2.05) is 30.3 Å². The van der Waals surface area contributed by atoms with Crippen molar-refractivity contribution in [2.75, 3.05) is 0 Å². The molecular formula is C21H22F3NO2. The Balaban J connectivity index is 1.60. The smallest absolute Gasteiger partial charge is 0.416 e. The van der Waals surface area contributed by atoms with Crippen molar-refractivity contribution >= 4 is 5.97 Å². The number of halogens is 3. The highest BCUT2D eigenvalue weighted by Gasteiger charge is 2.32. The third kappa shape index (κ3) is 5.10. The highest BCUT2D eigenvalue weighted by Crippen LogP contribution is 2.36. The lowest BCUT2D eigenvalue weighted by atomic mass is 9.96. The number of alkyl halides is 3. The van der Waals surface area contributed by atoms with Crippen LogP contribution in [-0.4, -0.2) is 23.2 Å². The third-order valence-corrected chi connectivity index (χ3v) is 5.16. The number of carboxylic acid groups (broad SMARTS) is 1. The second-order valence-electron chi connectivity index (χ2n) is 7.07. The van der Waals surface area contributed by atoms with Crippen molar-refractivity contribution in [3.05, 3.63) is 71.3 Å². The highest BCUT2D eigenvalue weighted by atomic mass is 19.4. The number of aliphatic carboxylic acids is 1. The predicted octanol–water partition coefficient (Wildman–Crippen LogP) is 4.63. The molecule has 0 radical (unpaired) electrons. The summed E-state index contributed by atoms with van der Waals surface area (Å²) in [6.45, 7) is 0. The van der Waals surface area contributed by atoms with Gasteiger partial charge in [0.25, 0.3) is 0 Å². The van der Waals surface area contributed by atoms with Crippen LogP contribution in [0.4, 0.5) is 13.2 Å². The van der Waals surface area contributed by atoms with Gasteiger partial charge in [-0.25, -0.2) is 0 Å². The second kappa shape index (κ2) is 8.13. The molecule has 3 atom stereocenters. The Hall–Kier alpha value is -2.34. The summed E-state index contributed by atoms with van der Waals surface area (Å²) in [5.41, 5.74) is 1.18. The highest BCUT2D eigenvalue weighted by molar-refractivity contribution is 5.74. The molecule has 0 spiro atoms. The summed E-state index contributed by atoms with van der Waals surface area (Å²) in [6, 6.07) is 14.1. The van der Waals surface area contributed by atoms with Gasteiger partial charge in [0.1, 0.15) is 6.04 Å². The zero-order valence-electron chi connectivity index (χ0n) is 14.7. The molecule has 0 heterocycles. The SMILES string of the molecule is O=C(O)[C@H](Cc1ccccc1)NC1CCC(c2ccc(C(F)(F)F)cc2)C1. The van der Waals surface area contributed by atoms with E-state index >= 15 is 0 Å². The van der Waals surface area contributed by atoms with E-state index in [-0.39, 0.29) is 12.0 Å². The molecule has 0 amide bonds. The Labute approximate surface area is 156 Å². The number of carboxylic acids is 1. The van der Waals surface area contributed by atoms with Crippen molar-refractivity contribution in [3.8, 4) is 0 Å². The third-order valence-electron chi connectivity index (χ3n) is 5.16. The number of carbonyl (C=O) groups is 1. The minimum atomic E-state index is -4.33. The molecule has 1 aliphatic carbocycles. The molecule has 0 bridgehead atoms. The first-order chi connectivity index (χ1) is 12.8. The van der Waals surface area contributed by atoms with E-state index in [9.17, 15) is 23.1 Å². The molecule has 2 aromatic rings. The maximum Gasteiger partial charge on any atom is 0.416 e. The summed E-state index contributed by atoms with van der Waals surface area (Å²) in [5, 5.41) is 12.7. The summed E-state index contributed by atoms with van der Waals surface area (Å²) in [6.07, 6.45) is -1.56. The van der Waals surface area contributed by atoms with Gasteiger partial charge in [0.05, 0.1) is 5.56 Å². The molecule has 2 aromatic carbocycles. The van der Waals surface area contributed by atoms with Gasteiger partial charge < -0.3 is 10.4 Å². The van der Waals surface area contributed by atoms with Crippen LogP contribution in [0.1, 0.15) is 41.9 Å². The van der Waals surface area contributed by atoms with Crippen LogP contribution in [0.15, 0.2) is 54.6 Å². The number of nitrogens with one attached hydrogen (secondary N) is 1. The minimum absolute atomic E-state index is 0.0436. The summed E-state index contributed by atoms with van der Waals surface area (Å²) < 4.78 is 38.1. The van der Waals surface area contributed by atoms with Crippen LogP contribution in [0.2, 0.25) is 0 Å². The van der Waals surface area contributed by atoms with Crippen molar-refractivity contribution in [3.63, 3.8) is 0 Å². The Bertz CT molecular complexity index is 759. The molecule has 1 saturated carbocycles. The first-order valence-electron chi connectivity index (χ1n) is 9.03. The summed E-state index contributed by atoms with van der Waals surface area (Å²) in [5.74, 6) is -0.743. The van der Waals surface area contributed by atoms with E-state index in [2.05, 4.69) is 5.32 Å².